The van der Waals surface area contributed by atoms with Gasteiger partial charge in [0.25, 0.3) is 0 Å². The highest BCUT2D eigenvalue weighted by Crippen LogP contribution is 2.49. The minimum Gasteiger partial charge on any atom is -0.308 e. The Kier molecular flexibility index (Phi) is 7.30. The van der Waals surface area contributed by atoms with Crippen LogP contribution in [0.3, 0.4) is 0 Å². The Morgan fingerprint density at radius 3 is 2.05 bits per heavy atom. The lowest BCUT2D eigenvalue weighted by Crippen LogP contribution is -2.40. The molecule has 3 aromatic carbocycles. The van der Waals surface area contributed by atoms with E-state index in [1.807, 2.05) is 0 Å². The Morgan fingerprint density at radius 2 is 1.41 bits per heavy atom. The molecule has 1 atom stereocenters. The van der Waals surface area contributed by atoms with E-state index in [0.717, 1.165) is 24.0 Å². The van der Waals surface area contributed by atoms with Crippen LogP contribution in [0.2, 0.25) is 0 Å². The lowest BCUT2D eigenvalue weighted by Gasteiger charge is -2.42. The van der Waals surface area contributed by atoms with Gasteiger partial charge in [0, 0.05) is 18.5 Å². The minimum atomic E-state index is 0. The average Bonchev–Trinajstić information content (AvgIpc) is 3.29. The van der Waals surface area contributed by atoms with E-state index in [2.05, 4.69) is 122 Å². The maximum Gasteiger partial charge on any atom is 0.174 e. The first kappa shape index (κ1) is 25.8. The van der Waals surface area contributed by atoms with Crippen LogP contribution >= 0.6 is 28.7 Å². The van der Waals surface area contributed by atoms with Gasteiger partial charge >= 0.3 is 0 Å². The van der Waals surface area contributed by atoms with Gasteiger partial charge in [0.2, 0.25) is 0 Å². The highest BCUT2D eigenvalue weighted by Gasteiger charge is 2.41. The van der Waals surface area contributed by atoms with Crippen molar-refractivity contribution in [2.24, 2.45) is 4.99 Å². The molecule has 0 bridgehead atoms. The molecular formula is C32H32BrN3S. The molecule has 0 aromatic heterocycles. The van der Waals surface area contributed by atoms with Gasteiger partial charge in [-0.15, -0.1) is 17.0 Å². The van der Waals surface area contributed by atoms with E-state index in [9.17, 15) is 0 Å². The first-order chi connectivity index (χ1) is 17.5. The molecule has 3 aliphatic heterocycles. The summed E-state index contributed by atoms with van der Waals surface area (Å²) >= 11 is 1.74. The van der Waals surface area contributed by atoms with Crippen molar-refractivity contribution >= 4 is 45.7 Å². The average molecular weight is 571 g/mol. The summed E-state index contributed by atoms with van der Waals surface area (Å²) < 4.78 is 0. The number of amidine groups is 1. The van der Waals surface area contributed by atoms with Crippen molar-refractivity contribution < 1.29 is 0 Å². The molecule has 0 spiro atoms. The topological polar surface area (TPSA) is 18.8 Å². The normalized spacial score (nSPS) is 20.3. The molecule has 188 valence electrons. The molecule has 0 radical (unpaired) electrons. The smallest absolute Gasteiger partial charge is 0.174 e. The monoisotopic (exact) mass is 569 g/mol. The standard InChI is InChI=1S/C32H31N3S.BrH/c1-21-5-11-24(12-6-21)17-27-18-34(4)19-28-30(27)33-32-35(31(28)26-15-9-23(3)10-16-26)29(20-36-32)25-13-7-22(2)8-14-25;/h5-17,20,31H,18-19H2,1-4H3;1H. The van der Waals surface area contributed by atoms with Crippen molar-refractivity contribution in [2.45, 2.75) is 26.8 Å². The van der Waals surface area contributed by atoms with Gasteiger partial charge in [0.1, 0.15) is 0 Å². The molecule has 0 saturated heterocycles. The van der Waals surface area contributed by atoms with Crippen LogP contribution in [0.5, 0.6) is 0 Å². The molecule has 1 unspecified atom stereocenters. The number of fused-ring (bicyclic) bond motifs is 1. The molecule has 37 heavy (non-hydrogen) atoms. The van der Waals surface area contributed by atoms with Gasteiger partial charge in [-0.3, -0.25) is 4.90 Å². The zero-order chi connectivity index (χ0) is 24.8. The summed E-state index contributed by atoms with van der Waals surface area (Å²) in [5.74, 6) is 0. The Bertz CT molecular complexity index is 1430. The van der Waals surface area contributed by atoms with Gasteiger partial charge in [-0.1, -0.05) is 101 Å². The van der Waals surface area contributed by atoms with Gasteiger partial charge in [0.15, 0.2) is 5.17 Å². The fourth-order valence-electron chi connectivity index (χ4n) is 5.27. The Hall–Kier alpha value is -2.86. The Balaban J connectivity index is 0.00000280. The summed E-state index contributed by atoms with van der Waals surface area (Å²) in [6, 6.07) is 26.8. The largest absolute Gasteiger partial charge is 0.308 e. The second-order valence-electron chi connectivity index (χ2n) is 10.2. The molecule has 5 heteroatoms. The molecule has 3 nitrogen and oxygen atoms in total. The number of aryl methyl sites for hydroxylation is 3. The number of halogens is 1. The van der Waals surface area contributed by atoms with Gasteiger partial charge in [0.05, 0.1) is 17.4 Å². The van der Waals surface area contributed by atoms with Crippen LogP contribution in [0.4, 0.5) is 0 Å². The summed E-state index contributed by atoms with van der Waals surface area (Å²) in [6.07, 6.45) is 2.32. The predicted molar refractivity (Wildman–Crippen MR) is 164 cm³/mol. The van der Waals surface area contributed by atoms with Gasteiger partial charge in [-0.25, -0.2) is 4.99 Å². The van der Waals surface area contributed by atoms with E-state index >= 15 is 0 Å². The number of hydrogen-bond acceptors (Lipinski definition) is 4. The van der Waals surface area contributed by atoms with Gasteiger partial charge < -0.3 is 4.90 Å². The molecule has 0 aliphatic carbocycles. The van der Waals surface area contributed by atoms with E-state index in [0.29, 0.717) is 0 Å². The molecule has 3 aromatic rings. The molecule has 0 saturated carbocycles. The lowest BCUT2D eigenvalue weighted by molar-refractivity contribution is 0.344. The fraction of sp³-hybridized carbons (Fsp3) is 0.219. The van der Waals surface area contributed by atoms with Crippen LogP contribution in [0, 0.1) is 20.8 Å². The number of rotatable bonds is 3. The second kappa shape index (κ2) is 10.5. The SMILES string of the molecule is Br.Cc1ccc(C=C2CN(C)CC3=C2N=C2SC=C(c4ccc(C)cc4)N2C3c2ccc(C)cc2)cc1. The van der Waals surface area contributed by atoms with Crippen molar-refractivity contribution in [3.8, 4) is 0 Å². The number of nitrogens with zero attached hydrogens (tertiary/aromatic N) is 3. The Morgan fingerprint density at radius 1 is 0.811 bits per heavy atom. The fourth-order valence-corrected chi connectivity index (χ4v) is 6.20. The summed E-state index contributed by atoms with van der Waals surface area (Å²) in [7, 11) is 2.22. The summed E-state index contributed by atoms with van der Waals surface area (Å²) in [5, 5.41) is 3.34. The van der Waals surface area contributed by atoms with Crippen LogP contribution in [0.25, 0.3) is 11.8 Å². The lowest BCUT2D eigenvalue weighted by atomic mass is 9.87. The zero-order valence-corrected chi connectivity index (χ0v) is 24.3. The summed E-state index contributed by atoms with van der Waals surface area (Å²) in [4.78, 5) is 10.2. The van der Waals surface area contributed by atoms with Crippen molar-refractivity contribution in [2.75, 3.05) is 20.1 Å². The molecular weight excluding hydrogens is 538 g/mol. The number of hydrogen-bond donors (Lipinski definition) is 0. The maximum absolute atomic E-state index is 5.32. The molecule has 0 N–H and O–H groups in total. The molecule has 3 aliphatic rings. The molecule has 0 amide bonds. The highest BCUT2D eigenvalue weighted by atomic mass is 79.9. The number of aliphatic imine (C=N–C) groups is 1. The third-order valence-electron chi connectivity index (χ3n) is 7.18. The number of benzene rings is 3. The van der Waals surface area contributed by atoms with Gasteiger partial charge in [-0.2, -0.15) is 0 Å². The number of thioether (sulfide) groups is 1. The van der Waals surface area contributed by atoms with Gasteiger partial charge in [-0.05, 0) is 61.7 Å². The third-order valence-corrected chi connectivity index (χ3v) is 8.02. The van der Waals surface area contributed by atoms with Crippen LogP contribution in [-0.4, -0.2) is 35.1 Å². The maximum atomic E-state index is 5.32. The summed E-state index contributed by atoms with van der Waals surface area (Å²) in [6.45, 7) is 8.23. The zero-order valence-electron chi connectivity index (χ0n) is 21.7. The van der Waals surface area contributed by atoms with E-state index in [-0.39, 0.29) is 23.0 Å². The molecule has 0 fully saturated rings. The highest BCUT2D eigenvalue weighted by molar-refractivity contribution is 8.93. The van der Waals surface area contributed by atoms with Crippen molar-refractivity contribution in [1.82, 2.24) is 9.80 Å². The predicted octanol–water partition coefficient (Wildman–Crippen LogP) is 7.93. The third kappa shape index (κ3) is 5.00. The van der Waals surface area contributed by atoms with E-state index in [4.69, 9.17) is 4.99 Å². The molecule has 6 rings (SSSR count). The second-order valence-corrected chi connectivity index (χ2v) is 11.0. The van der Waals surface area contributed by atoms with E-state index < -0.39 is 0 Å². The van der Waals surface area contributed by atoms with Crippen LogP contribution < -0.4 is 0 Å². The van der Waals surface area contributed by atoms with Crippen molar-refractivity contribution in [3.05, 3.63) is 128 Å². The minimum absolute atomic E-state index is 0. The summed E-state index contributed by atoms with van der Waals surface area (Å²) in [5.41, 5.74) is 12.7. The van der Waals surface area contributed by atoms with E-state index in [1.54, 1.807) is 11.8 Å². The van der Waals surface area contributed by atoms with Crippen molar-refractivity contribution in [3.63, 3.8) is 0 Å². The van der Waals surface area contributed by atoms with Crippen molar-refractivity contribution in [1.29, 1.82) is 0 Å². The number of likely N-dealkylation sites (N-methyl/N-ethyl adjacent to an activating group) is 1. The van der Waals surface area contributed by atoms with Crippen LogP contribution in [0.1, 0.15) is 39.4 Å². The van der Waals surface area contributed by atoms with Crippen LogP contribution in [0.15, 0.2) is 100 Å². The Labute approximate surface area is 235 Å². The van der Waals surface area contributed by atoms with Crippen LogP contribution in [-0.2, 0) is 0 Å². The molecule has 3 heterocycles. The quantitative estimate of drug-likeness (QED) is 0.319. The first-order valence-electron chi connectivity index (χ1n) is 12.5. The van der Waals surface area contributed by atoms with E-state index in [1.165, 1.54) is 50.2 Å². The first-order valence-corrected chi connectivity index (χ1v) is 13.4.